The Hall–Kier alpha value is -1.96. The number of unbranched alkanes of at least 4 members (excludes halogenated alkanes) is 3. The normalized spacial score (nSPS) is 10.4. The maximum atomic E-state index is 11.1. The van der Waals surface area contributed by atoms with Gasteiger partial charge >= 0.3 is 0 Å². The van der Waals surface area contributed by atoms with Gasteiger partial charge in [0.25, 0.3) is 0 Å². The van der Waals surface area contributed by atoms with Gasteiger partial charge in [0.2, 0.25) is 0 Å². The van der Waals surface area contributed by atoms with E-state index < -0.39 is 0 Å². The van der Waals surface area contributed by atoms with Crippen molar-refractivity contribution in [2.24, 2.45) is 0 Å². The van der Waals surface area contributed by atoms with Crippen molar-refractivity contribution in [1.29, 1.82) is 0 Å². The van der Waals surface area contributed by atoms with Crippen LogP contribution in [0.1, 0.15) is 31.2 Å². The van der Waals surface area contributed by atoms with Gasteiger partial charge in [-0.05, 0) is 37.0 Å². The number of aryl methyl sites for hydroxylation is 1. The Kier molecular flexibility index (Phi) is 5.97. The average Bonchev–Trinajstić information content (AvgIpc) is 2.47. The number of hydrogen-bond donors (Lipinski definition) is 0. The molecule has 0 unspecified atom stereocenters. The molecular weight excluding hydrogens is 248 g/mol. The van der Waals surface area contributed by atoms with E-state index in [2.05, 4.69) is 30.3 Å². The van der Waals surface area contributed by atoms with Crippen molar-refractivity contribution in [3.05, 3.63) is 60.2 Å². The molecule has 0 aliphatic rings. The van der Waals surface area contributed by atoms with Crippen LogP contribution < -0.4 is 4.74 Å². The number of hydrogen-bond acceptors (Lipinski definition) is 1. The quantitative estimate of drug-likeness (QED) is 0.619. The topological polar surface area (TPSA) is 29.1 Å². The highest BCUT2D eigenvalue weighted by Crippen LogP contribution is 2.18. The molecule has 1 radical (unpaired) electrons. The lowest BCUT2D eigenvalue weighted by Gasteiger charge is -2.06. The van der Waals surface area contributed by atoms with Crippen LogP contribution in [0.3, 0.4) is 0 Å². The zero-order valence-electron chi connectivity index (χ0n) is 11.8. The fourth-order valence-electron chi connectivity index (χ4n) is 2.18. The molecule has 0 aliphatic carbocycles. The first kappa shape index (κ1) is 14.4. The Morgan fingerprint density at radius 3 is 2.40 bits per heavy atom. The van der Waals surface area contributed by atoms with Gasteiger partial charge in [-0.2, -0.15) is 0 Å². The first-order chi connectivity index (χ1) is 9.84. The standard InChI is InChI=1S/C18H21O2/c19-17-12-8-13-18(15-17)20-14-7-2-1-4-9-16-10-5-3-6-11-16/h3,5-6,8,10-13,15H,1-2,4,7,9,14H2. The second kappa shape index (κ2) is 8.26. The van der Waals surface area contributed by atoms with Crippen molar-refractivity contribution >= 4 is 0 Å². The summed E-state index contributed by atoms with van der Waals surface area (Å²) >= 11 is 0. The number of ether oxygens (including phenoxy) is 1. The Labute approximate surface area is 121 Å². The molecule has 0 amide bonds. The highest BCUT2D eigenvalue weighted by Gasteiger charge is 1.97. The molecule has 0 aromatic heterocycles. The van der Waals surface area contributed by atoms with Crippen LogP contribution in [0.4, 0.5) is 0 Å². The Morgan fingerprint density at radius 1 is 0.800 bits per heavy atom. The minimum atomic E-state index is 0.00496. The zero-order valence-corrected chi connectivity index (χ0v) is 11.8. The van der Waals surface area contributed by atoms with Gasteiger partial charge in [-0.15, -0.1) is 0 Å². The van der Waals surface area contributed by atoms with Crippen molar-refractivity contribution < 1.29 is 9.84 Å². The van der Waals surface area contributed by atoms with E-state index in [1.807, 2.05) is 6.07 Å². The molecule has 2 aromatic rings. The summed E-state index contributed by atoms with van der Waals surface area (Å²) in [6.07, 6.45) is 5.81. The highest BCUT2D eigenvalue weighted by molar-refractivity contribution is 5.31. The fraction of sp³-hybridized carbons (Fsp3) is 0.333. The molecule has 0 bridgehead atoms. The lowest BCUT2D eigenvalue weighted by Crippen LogP contribution is -1.97. The van der Waals surface area contributed by atoms with E-state index in [1.165, 1.54) is 37.0 Å². The summed E-state index contributed by atoms with van der Waals surface area (Å²) < 4.78 is 5.55. The third-order valence-electron chi connectivity index (χ3n) is 3.28. The summed E-state index contributed by atoms with van der Waals surface area (Å²) in [5, 5.41) is 11.1. The zero-order chi connectivity index (χ0) is 14.0. The van der Waals surface area contributed by atoms with E-state index in [4.69, 9.17) is 4.74 Å². The summed E-state index contributed by atoms with van der Waals surface area (Å²) in [5.74, 6) is 0.687. The monoisotopic (exact) mass is 269 g/mol. The molecule has 0 atom stereocenters. The van der Waals surface area contributed by atoms with E-state index in [1.54, 1.807) is 6.07 Å². The first-order valence-electron chi connectivity index (χ1n) is 7.28. The van der Waals surface area contributed by atoms with Crippen LogP contribution in [0, 0.1) is 0 Å². The smallest absolute Gasteiger partial charge is 0.182 e. The van der Waals surface area contributed by atoms with Gasteiger partial charge in [-0.25, -0.2) is 0 Å². The summed E-state index contributed by atoms with van der Waals surface area (Å²) in [7, 11) is 0. The van der Waals surface area contributed by atoms with Crippen molar-refractivity contribution in [1.82, 2.24) is 0 Å². The third kappa shape index (κ3) is 5.35. The van der Waals surface area contributed by atoms with E-state index in [0.29, 0.717) is 12.4 Å². The summed E-state index contributed by atoms with van der Waals surface area (Å²) in [4.78, 5) is 0. The third-order valence-corrected chi connectivity index (χ3v) is 3.28. The Balaban J connectivity index is 1.52. The predicted octanol–water partition coefficient (Wildman–Crippen LogP) is 5.01. The van der Waals surface area contributed by atoms with Crippen LogP contribution in [-0.4, -0.2) is 6.61 Å². The van der Waals surface area contributed by atoms with Gasteiger partial charge in [-0.1, -0.05) is 49.2 Å². The van der Waals surface area contributed by atoms with Crippen LogP contribution in [0.2, 0.25) is 0 Å². The van der Waals surface area contributed by atoms with E-state index in [-0.39, 0.29) is 5.75 Å². The van der Waals surface area contributed by atoms with Crippen molar-refractivity contribution in [2.45, 2.75) is 32.1 Å². The SMILES string of the molecule is [O]c1cccc(OCCCCCCc2ccccc2)c1. The van der Waals surface area contributed by atoms with E-state index in [9.17, 15) is 5.11 Å². The van der Waals surface area contributed by atoms with E-state index in [0.717, 1.165) is 12.8 Å². The number of rotatable bonds is 8. The lowest BCUT2D eigenvalue weighted by atomic mass is 10.1. The fourth-order valence-corrected chi connectivity index (χ4v) is 2.18. The van der Waals surface area contributed by atoms with Gasteiger partial charge in [-0.3, -0.25) is 5.11 Å². The molecule has 2 rings (SSSR count). The number of benzene rings is 2. The minimum absolute atomic E-state index is 0.00496. The second-order valence-electron chi connectivity index (χ2n) is 4.97. The van der Waals surface area contributed by atoms with Gasteiger partial charge in [0.15, 0.2) is 5.75 Å². The van der Waals surface area contributed by atoms with Crippen LogP contribution in [0.15, 0.2) is 54.6 Å². The van der Waals surface area contributed by atoms with Crippen LogP contribution in [0.25, 0.3) is 0 Å². The van der Waals surface area contributed by atoms with E-state index >= 15 is 0 Å². The highest BCUT2D eigenvalue weighted by atomic mass is 16.5. The van der Waals surface area contributed by atoms with Crippen LogP contribution in [-0.2, 0) is 11.5 Å². The lowest BCUT2D eigenvalue weighted by molar-refractivity contribution is 0.299. The molecule has 0 saturated carbocycles. The Morgan fingerprint density at radius 2 is 1.60 bits per heavy atom. The minimum Gasteiger partial charge on any atom is -0.493 e. The molecule has 20 heavy (non-hydrogen) atoms. The van der Waals surface area contributed by atoms with Crippen molar-refractivity contribution in [3.8, 4) is 11.5 Å². The second-order valence-corrected chi connectivity index (χ2v) is 4.97. The van der Waals surface area contributed by atoms with Gasteiger partial charge in [0.1, 0.15) is 5.75 Å². The van der Waals surface area contributed by atoms with Crippen molar-refractivity contribution in [3.63, 3.8) is 0 Å². The summed E-state index contributed by atoms with van der Waals surface area (Å²) in [6, 6.07) is 17.2. The largest absolute Gasteiger partial charge is 0.493 e. The van der Waals surface area contributed by atoms with Crippen molar-refractivity contribution in [2.75, 3.05) is 6.61 Å². The molecule has 2 nitrogen and oxygen atoms in total. The van der Waals surface area contributed by atoms with Gasteiger partial charge in [0, 0.05) is 6.07 Å². The molecule has 0 N–H and O–H groups in total. The van der Waals surface area contributed by atoms with Crippen LogP contribution >= 0.6 is 0 Å². The Bertz CT molecular complexity index is 494. The summed E-state index contributed by atoms with van der Waals surface area (Å²) in [5.41, 5.74) is 1.41. The van der Waals surface area contributed by atoms with Gasteiger partial charge in [0.05, 0.1) is 6.61 Å². The average molecular weight is 269 g/mol. The molecule has 105 valence electrons. The first-order valence-corrected chi connectivity index (χ1v) is 7.28. The molecule has 0 aliphatic heterocycles. The molecule has 2 heteroatoms. The van der Waals surface area contributed by atoms with Crippen LogP contribution in [0.5, 0.6) is 11.5 Å². The summed E-state index contributed by atoms with van der Waals surface area (Å²) in [6.45, 7) is 0.689. The molecule has 0 saturated heterocycles. The molecule has 0 heterocycles. The molecule has 2 aromatic carbocycles. The molecule has 0 spiro atoms. The molecule has 0 fully saturated rings. The predicted molar refractivity (Wildman–Crippen MR) is 80.7 cm³/mol. The maximum Gasteiger partial charge on any atom is 0.182 e. The van der Waals surface area contributed by atoms with Gasteiger partial charge < -0.3 is 4.74 Å². The molecular formula is C18H21O2. The maximum absolute atomic E-state index is 11.1.